The van der Waals surface area contributed by atoms with Gasteiger partial charge in [0.15, 0.2) is 23.3 Å². The van der Waals surface area contributed by atoms with Gasteiger partial charge >= 0.3 is 21.1 Å². The molecule has 0 saturated carbocycles. The van der Waals surface area contributed by atoms with E-state index < -0.39 is 0 Å². The molecule has 0 amide bonds. The van der Waals surface area contributed by atoms with Crippen LogP contribution < -0.4 is 9.97 Å². The predicted octanol–water partition coefficient (Wildman–Crippen LogP) is 12.6. The van der Waals surface area contributed by atoms with Crippen LogP contribution in [0.1, 0.15) is 0 Å². The van der Waals surface area contributed by atoms with Crippen LogP contribution in [0.3, 0.4) is 0 Å². The molecule has 0 fully saturated rings. The molecule has 17 heteroatoms. The number of hydrogen-bond donors (Lipinski definition) is 0. The second-order valence-electron chi connectivity index (χ2n) is 19.6. The van der Waals surface area contributed by atoms with Gasteiger partial charge in [-0.25, -0.2) is 69.8 Å². The second-order valence-corrected chi connectivity index (χ2v) is 19.6. The first-order valence-electron chi connectivity index (χ1n) is 25.6. The minimum absolute atomic E-state index is 0. The van der Waals surface area contributed by atoms with Crippen molar-refractivity contribution in [2.75, 3.05) is 0 Å². The fourth-order valence-corrected chi connectivity index (χ4v) is 11.8. The standard InChI is InChI=1S/C64H32N16.Pt/c1-2-10-34-18-42-41(17-33(34)9-1)53-49(61-69-25-65-26-70-61)55-43-19-35-11-3-4-12-36(35)20-44(43)57(78-55)51(63-73-29-67-30-74-63)59-47-23-39-15-7-8-16-40(39)24-48(47)60(80-59)52(64-75-31-68-32-76-64)58-46-22-38-14-6-5-13-37(38)21-45(46)56(79-58)50(54(42)77-53)62-71-27-66-28-72-62;/h1-32H;/q-2;+2. The molecule has 8 bridgehead atoms. The predicted molar refractivity (Wildman–Crippen MR) is 308 cm³/mol. The molecule has 0 spiro atoms. The minimum atomic E-state index is 0. The summed E-state index contributed by atoms with van der Waals surface area (Å²) >= 11 is 0. The first-order chi connectivity index (χ1) is 39.7. The summed E-state index contributed by atoms with van der Waals surface area (Å²) in [6.07, 6.45) is 12.0. The summed E-state index contributed by atoms with van der Waals surface area (Å²) in [5.74, 6) is 1.43. The molecule has 2 aliphatic heterocycles. The molecule has 0 atom stereocenters. The number of rotatable bonds is 4. The van der Waals surface area contributed by atoms with Gasteiger partial charge in [-0.15, -0.1) is 22.1 Å². The van der Waals surface area contributed by atoms with Crippen LogP contribution in [0.2, 0.25) is 0 Å². The Kier molecular flexibility index (Phi) is 10.4. The third kappa shape index (κ3) is 7.13. The van der Waals surface area contributed by atoms with E-state index in [1.165, 1.54) is 50.6 Å². The third-order valence-electron chi connectivity index (χ3n) is 15.2. The van der Waals surface area contributed by atoms with Gasteiger partial charge in [-0.1, -0.05) is 97.1 Å². The number of nitrogens with zero attached hydrogens (tertiary/aromatic N) is 16. The molecule has 0 N–H and O–H groups in total. The largest absolute Gasteiger partial charge is 2.00 e. The molecule has 0 saturated heterocycles. The van der Waals surface area contributed by atoms with E-state index in [1.54, 1.807) is 0 Å². The normalized spacial score (nSPS) is 11.9. The van der Waals surface area contributed by atoms with Crippen LogP contribution in [0.25, 0.3) is 177 Å². The molecule has 0 radical (unpaired) electrons. The van der Waals surface area contributed by atoms with Gasteiger partial charge in [0.05, 0.1) is 22.8 Å². The van der Waals surface area contributed by atoms with Crippen molar-refractivity contribution in [1.82, 2.24) is 79.7 Å². The Morgan fingerprint density at radius 1 is 0.247 bits per heavy atom. The molecule has 8 heterocycles. The Morgan fingerprint density at radius 3 is 0.654 bits per heavy atom. The zero-order valence-electron chi connectivity index (χ0n) is 41.9. The van der Waals surface area contributed by atoms with Crippen LogP contribution in [0.15, 0.2) is 196 Å². The molecule has 81 heavy (non-hydrogen) atoms. The Bertz CT molecular complexity index is 4660. The summed E-state index contributed by atoms with van der Waals surface area (Å²) in [5.41, 5.74) is 10.0. The van der Waals surface area contributed by atoms with Crippen molar-refractivity contribution < 1.29 is 21.1 Å². The maximum atomic E-state index is 5.86. The number of hydrogen-bond acceptors (Lipinski definition) is 14. The minimum Gasteiger partial charge on any atom is -0.656 e. The molecule has 17 rings (SSSR count). The summed E-state index contributed by atoms with van der Waals surface area (Å²) in [5, 5.41) is 11.2. The van der Waals surface area contributed by atoms with E-state index in [0.717, 1.165) is 86.9 Å². The van der Waals surface area contributed by atoms with Gasteiger partial charge in [0.25, 0.3) is 0 Å². The van der Waals surface area contributed by atoms with Crippen molar-refractivity contribution in [1.29, 1.82) is 0 Å². The Morgan fingerprint density at radius 2 is 0.444 bits per heavy atom. The molecule has 378 valence electrons. The maximum absolute atomic E-state index is 5.86. The van der Waals surface area contributed by atoms with E-state index in [4.69, 9.17) is 59.8 Å². The van der Waals surface area contributed by atoms with E-state index in [0.29, 0.717) is 90.4 Å². The van der Waals surface area contributed by atoms with Crippen LogP contribution in [-0.4, -0.2) is 69.8 Å². The van der Waals surface area contributed by atoms with Crippen LogP contribution in [-0.2, 0) is 21.1 Å². The van der Waals surface area contributed by atoms with Gasteiger partial charge in [-0.2, -0.15) is 0 Å². The Labute approximate surface area is 471 Å². The first-order valence-corrected chi connectivity index (χ1v) is 25.6. The van der Waals surface area contributed by atoms with E-state index >= 15 is 0 Å². The van der Waals surface area contributed by atoms with E-state index in [1.807, 2.05) is 48.5 Å². The van der Waals surface area contributed by atoms with Crippen LogP contribution >= 0.6 is 0 Å². The average Bonchev–Trinajstić information content (AvgIpc) is 3.51. The molecule has 3 aliphatic rings. The second kappa shape index (κ2) is 18.1. The fourth-order valence-electron chi connectivity index (χ4n) is 11.8. The van der Waals surface area contributed by atoms with Crippen molar-refractivity contribution in [3.05, 3.63) is 196 Å². The fraction of sp³-hybridized carbons (Fsp3) is 0. The number of fused-ring (bicyclic) bond motifs is 4. The van der Waals surface area contributed by atoms with Gasteiger partial charge in [0.2, 0.25) is 0 Å². The molecule has 16 nitrogen and oxygen atoms in total. The van der Waals surface area contributed by atoms with Crippen LogP contribution in [0.5, 0.6) is 0 Å². The third-order valence-corrected chi connectivity index (χ3v) is 15.2. The van der Waals surface area contributed by atoms with Gasteiger partial charge in [0.1, 0.15) is 50.6 Å². The average molecular weight is 1220 g/mol. The molecule has 8 aromatic carbocycles. The molecule has 1 aliphatic carbocycles. The molecule has 14 aromatic rings. The zero-order chi connectivity index (χ0) is 52.4. The maximum Gasteiger partial charge on any atom is 2.00 e. The van der Waals surface area contributed by atoms with E-state index in [2.05, 4.69) is 117 Å². The monoisotopic (exact) mass is 1220 g/mol. The van der Waals surface area contributed by atoms with Crippen molar-refractivity contribution in [3.63, 3.8) is 0 Å². The first kappa shape index (κ1) is 46.3. The SMILES string of the molecule is [Pt+2].c1ccc2cc3c(cc2c1)-c1nc-3c(-c2ncncn2)c2[n-]c(c(-c3ncncn3)c3nc(c(-c4ncncn4)c4[n-]c(c1-c1ncncn1)c1cc5ccccc5cc41)-c1cc4ccccc4cc1-3)c1cc3ccccc3cc21. The number of aromatic nitrogens is 16. The van der Waals surface area contributed by atoms with Gasteiger partial charge in [-0.05, 0) is 113 Å². The van der Waals surface area contributed by atoms with Gasteiger partial charge in [0, 0.05) is 44.5 Å². The Balaban J connectivity index is 0.00000542. The quantitative estimate of drug-likeness (QED) is 0.160. The molecule has 6 aromatic heterocycles. The van der Waals surface area contributed by atoms with Crippen molar-refractivity contribution in [2.45, 2.75) is 0 Å². The summed E-state index contributed by atoms with van der Waals surface area (Å²) in [6, 6.07) is 50.5. The zero-order valence-corrected chi connectivity index (χ0v) is 44.2. The van der Waals surface area contributed by atoms with E-state index in [9.17, 15) is 0 Å². The van der Waals surface area contributed by atoms with Crippen molar-refractivity contribution in [2.24, 2.45) is 0 Å². The summed E-state index contributed by atoms with van der Waals surface area (Å²) < 4.78 is 0. The van der Waals surface area contributed by atoms with Crippen molar-refractivity contribution >= 4 is 86.7 Å². The summed E-state index contributed by atoms with van der Waals surface area (Å²) in [7, 11) is 0. The van der Waals surface area contributed by atoms with Crippen LogP contribution in [0, 0.1) is 0 Å². The molecular weight excluding hydrogens is 1190 g/mol. The summed E-state index contributed by atoms with van der Waals surface area (Å²) in [4.78, 5) is 80.1. The van der Waals surface area contributed by atoms with Gasteiger partial charge in [-0.3, -0.25) is 0 Å². The van der Waals surface area contributed by atoms with Crippen LogP contribution in [0.4, 0.5) is 0 Å². The van der Waals surface area contributed by atoms with Crippen molar-refractivity contribution in [3.8, 4) is 90.6 Å². The summed E-state index contributed by atoms with van der Waals surface area (Å²) in [6.45, 7) is 0. The molecule has 0 unspecified atom stereocenters. The van der Waals surface area contributed by atoms with E-state index in [-0.39, 0.29) is 21.1 Å². The Hall–Kier alpha value is -10.8. The smallest absolute Gasteiger partial charge is 0.656 e. The topological polar surface area (TPSA) is 209 Å². The molecular formula is C64H32N16Pt. The number of benzene rings is 8. The van der Waals surface area contributed by atoms with Gasteiger partial charge < -0.3 is 9.97 Å².